The van der Waals surface area contributed by atoms with E-state index in [1.54, 1.807) is 0 Å². The van der Waals surface area contributed by atoms with E-state index < -0.39 is 0 Å². The van der Waals surface area contributed by atoms with Gasteiger partial charge in [-0.25, -0.2) is 5.32 Å². The molecule has 0 saturated carbocycles. The van der Waals surface area contributed by atoms with Crippen LogP contribution in [0.15, 0.2) is 0 Å². The predicted molar refractivity (Wildman–Crippen MR) is 74.0 cm³/mol. The van der Waals surface area contributed by atoms with Gasteiger partial charge in [0.05, 0.1) is 0 Å². The topological polar surface area (TPSA) is 14.1 Å². The molecule has 0 aromatic heterocycles. The molecule has 0 rings (SSSR count). The monoisotopic (exact) mass is 226 g/mol. The third kappa shape index (κ3) is 12.0. The van der Waals surface area contributed by atoms with E-state index in [-0.39, 0.29) is 0 Å². The molecular formula is C15H32N. The van der Waals surface area contributed by atoms with Gasteiger partial charge in [0.25, 0.3) is 0 Å². The van der Waals surface area contributed by atoms with E-state index in [0.29, 0.717) is 6.04 Å². The second kappa shape index (κ2) is 13.0. The lowest BCUT2D eigenvalue weighted by Gasteiger charge is -2.11. The first-order valence-corrected chi connectivity index (χ1v) is 7.47. The highest BCUT2D eigenvalue weighted by atomic mass is 14.9. The molecule has 97 valence electrons. The van der Waals surface area contributed by atoms with Crippen molar-refractivity contribution in [1.29, 1.82) is 0 Å². The van der Waals surface area contributed by atoms with Gasteiger partial charge in [0.15, 0.2) is 0 Å². The average molecular weight is 226 g/mol. The van der Waals surface area contributed by atoms with Gasteiger partial charge in [-0.15, -0.1) is 0 Å². The Hall–Kier alpha value is -0.0400. The largest absolute Gasteiger partial charge is 0.239 e. The van der Waals surface area contributed by atoms with Crippen molar-refractivity contribution in [3.8, 4) is 0 Å². The minimum absolute atomic E-state index is 0.600. The molecule has 0 aromatic rings. The molecule has 0 aromatic carbocycles. The summed E-state index contributed by atoms with van der Waals surface area (Å²) in [6.07, 6.45) is 13.6. The van der Waals surface area contributed by atoms with E-state index in [1.807, 2.05) is 0 Å². The minimum Gasteiger partial charge on any atom is -0.239 e. The van der Waals surface area contributed by atoms with Gasteiger partial charge in [0.1, 0.15) is 0 Å². The molecule has 0 fully saturated rings. The molecule has 1 heteroatoms. The number of nitrogens with zero attached hydrogens (tertiary/aromatic N) is 1. The second-order valence-electron chi connectivity index (χ2n) is 5.02. The zero-order valence-electron chi connectivity index (χ0n) is 11.8. The van der Waals surface area contributed by atoms with Gasteiger partial charge < -0.3 is 0 Å². The van der Waals surface area contributed by atoms with E-state index in [0.717, 1.165) is 6.54 Å². The summed E-state index contributed by atoms with van der Waals surface area (Å²) < 4.78 is 0. The summed E-state index contributed by atoms with van der Waals surface area (Å²) in [7, 11) is 0. The van der Waals surface area contributed by atoms with Crippen LogP contribution in [0.2, 0.25) is 0 Å². The molecular weight excluding hydrogens is 194 g/mol. The molecule has 0 saturated heterocycles. The van der Waals surface area contributed by atoms with Gasteiger partial charge in [-0.3, -0.25) is 0 Å². The molecule has 0 heterocycles. The number of unbranched alkanes of at least 4 members (excludes halogenated alkanes) is 7. The van der Waals surface area contributed by atoms with Crippen LogP contribution in [-0.4, -0.2) is 12.6 Å². The highest BCUT2D eigenvalue weighted by Crippen LogP contribution is 2.08. The first kappa shape index (κ1) is 16.0. The molecule has 1 nitrogen and oxygen atoms in total. The molecule has 0 aliphatic carbocycles. The van der Waals surface area contributed by atoms with Crippen molar-refractivity contribution in [2.75, 3.05) is 6.54 Å². The lowest BCUT2D eigenvalue weighted by atomic mass is 10.1. The van der Waals surface area contributed by atoms with Crippen molar-refractivity contribution in [2.24, 2.45) is 0 Å². The van der Waals surface area contributed by atoms with Crippen LogP contribution in [0.1, 0.15) is 85.0 Å². The Balaban J connectivity index is 3.09. The summed E-state index contributed by atoms with van der Waals surface area (Å²) in [5.74, 6) is 0. The third-order valence-electron chi connectivity index (χ3n) is 3.18. The Morgan fingerprint density at radius 1 is 0.750 bits per heavy atom. The number of hydrogen-bond acceptors (Lipinski definition) is 0. The predicted octanol–water partition coefficient (Wildman–Crippen LogP) is 4.92. The first-order chi connectivity index (χ1) is 7.81. The van der Waals surface area contributed by atoms with Gasteiger partial charge in [-0.2, -0.15) is 0 Å². The Kier molecular flexibility index (Phi) is 13.0. The fraction of sp³-hybridized carbons (Fsp3) is 1.00. The van der Waals surface area contributed by atoms with E-state index in [9.17, 15) is 0 Å². The summed E-state index contributed by atoms with van der Waals surface area (Å²) in [6, 6.07) is 0.600. The Morgan fingerprint density at radius 2 is 1.31 bits per heavy atom. The van der Waals surface area contributed by atoms with Crippen molar-refractivity contribution in [1.82, 2.24) is 5.32 Å². The quantitative estimate of drug-likeness (QED) is 0.419. The standard InChI is InChI=1S/C15H32N/c1-4-6-8-10-11-13-15(3)16-14-12-9-7-5-2/h15H,4-14H2,1-3H3. The molecule has 0 bridgehead atoms. The van der Waals surface area contributed by atoms with Crippen LogP contribution in [0.3, 0.4) is 0 Å². The van der Waals surface area contributed by atoms with Crippen molar-refractivity contribution in [3.63, 3.8) is 0 Å². The van der Waals surface area contributed by atoms with Crippen LogP contribution in [0, 0.1) is 0 Å². The van der Waals surface area contributed by atoms with Gasteiger partial charge in [0.2, 0.25) is 0 Å². The van der Waals surface area contributed by atoms with Crippen molar-refractivity contribution in [3.05, 3.63) is 0 Å². The van der Waals surface area contributed by atoms with Crippen molar-refractivity contribution >= 4 is 0 Å². The summed E-state index contributed by atoms with van der Waals surface area (Å²) in [5.41, 5.74) is 0. The summed E-state index contributed by atoms with van der Waals surface area (Å²) in [5, 5.41) is 4.71. The highest BCUT2D eigenvalue weighted by Gasteiger charge is 2.01. The Bertz CT molecular complexity index is 109. The van der Waals surface area contributed by atoms with Crippen LogP contribution in [0.25, 0.3) is 0 Å². The fourth-order valence-electron chi connectivity index (χ4n) is 1.98. The van der Waals surface area contributed by atoms with E-state index in [1.165, 1.54) is 64.2 Å². The maximum Gasteiger partial charge on any atom is 0.0217 e. The lowest BCUT2D eigenvalue weighted by molar-refractivity contribution is 0.461. The number of hydrogen-bond donors (Lipinski definition) is 0. The van der Waals surface area contributed by atoms with E-state index in [4.69, 9.17) is 5.32 Å². The van der Waals surface area contributed by atoms with E-state index >= 15 is 0 Å². The number of rotatable bonds is 12. The van der Waals surface area contributed by atoms with Gasteiger partial charge in [0, 0.05) is 12.6 Å². The molecule has 0 amide bonds. The lowest BCUT2D eigenvalue weighted by Crippen LogP contribution is -2.19. The highest BCUT2D eigenvalue weighted by molar-refractivity contribution is 4.60. The molecule has 16 heavy (non-hydrogen) atoms. The summed E-state index contributed by atoms with van der Waals surface area (Å²) in [6.45, 7) is 7.90. The minimum atomic E-state index is 0.600. The average Bonchev–Trinajstić information content (AvgIpc) is 2.28. The van der Waals surface area contributed by atoms with Crippen LogP contribution in [-0.2, 0) is 0 Å². The van der Waals surface area contributed by atoms with Crippen molar-refractivity contribution < 1.29 is 0 Å². The molecule has 0 aliphatic rings. The Morgan fingerprint density at radius 3 is 1.94 bits per heavy atom. The van der Waals surface area contributed by atoms with Crippen molar-refractivity contribution in [2.45, 2.75) is 91.0 Å². The van der Waals surface area contributed by atoms with Gasteiger partial charge in [-0.1, -0.05) is 65.2 Å². The normalized spacial score (nSPS) is 12.9. The summed E-state index contributed by atoms with van der Waals surface area (Å²) in [4.78, 5) is 0. The van der Waals surface area contributed by atoms with Crippen LogP contribution >= 0.6 is 0 Å². The third-order valence-corrected chi connectivity index (χ3v) is 3.18. The second-order valence-corrected chi connectivity index (χ2v) is 5.02. The molecule has 1 radical (unpaired) electrons. The fourth-order valence-corrected chi connectivity index (χ4v) is 1.98. The zero-order chi connectivity index (χ0) is 12.1. The maximum atomic E-state index is 4.71. The molecule has 1 atom stereocenters. The van der Waals surface area contributed by atoms with Gasteiger partial charge in [-0.05, 0) is 19.8 Å². The Labute approximate surface area is 103 Å². The SMILES string of the molecule is CCCCCCCC(C)[N]CCCCCC. The molecule has 0 N–H and O–H groups in total. The van der Waals surface area contributed by atoms with E-state index in [2.05, 4.69) is 20.8 Å². The van der Waals surface area contributed by atoms with Gasteiger partial charge >= 0.3 is 0 Å². The summed E-state index contributed by atoms with van der Waals surface area (Å²) >= 11 is 0. The first-order valence-electron chi connectivity index (χ1n) is 7.47. The molecule has 0 aliphatic heterocycles. The van der Waals surface area contributed by atoms with Crippen LogP contribution in [0.5, 0.6) is 0 Å². The smallest absolute Gasteiger partial charge is 0.0217 e. The molecule has 1 unspecified atom stereocenters. The van der Waals surface area contributed by atoms with Crippen LogP contribution in [0.4, 0.5) is 0 Å². The molecule has 0 spiro atoms. The van der Waals surface area contributed by atoms with Crippen LogP contribution < -0.4 is 5.32 Å². The maximum absolute atomic E-state index is 4.71. The zero-order valence-corrected chi connectivity index (χ0v) is 11.8.